The van der Waals surface area contributed by atoms with E-state index in [1.54, 1.807) is 0 Å². The SMILES string of the molecule is CC1(C)CC(OP(=[Se])(OC2CC(C)(C)N([O])C(C)(C)C2)N2CC2)CC(C)(C)N1[O]. The van der Waals surface area contributed by atoms with Crippen LogP contribution in [0.2, 0.25) is 0 Å². The number of rotatable bonds is 5. The normalized spacial score (nSPS) is 31.1. The van der Waals surface area contributed by atoms with Gasteiger partial charge in [0.1, 0.15) is 0 Å². The second kappa shape index (κ2) is 7.62. The minimum absolute atomic E-state index is 0.0407. The monoisotopic (exact) mass is 495 g/mol. The van der Waals surface area contributed by atoms with Crippen LogP contribution in [0.15, 0.2) is 0 Å². The summed E-state index contributed by atoms with van der Waals surface area (Å²) in [5.41, 5.74) is -1.91. The quantitative estimate of drug-likeness (QED) is 0.329. The van der Waals surface area contributed by atoms with Gasteiger partial charge in [-0.25, -0.2) is 0 Å². The fourth-order valence-electron chi connectivity index (χ4n) is 5.32. The molecular formula is C20H38N3O4PSe. The molecule has 0 N–H and O–H groups in total. The molecule has 0 amide bonds. The molecule has 168 valence electrons. The summed E-state index contributed by atoms with van der Waals surface area (Å²) in [5, 5.41) is 27.9. The van der Waals surface area contributed by atoms with Gasteiger partial charge >= 0.3 is 184 Å². The first kappa shape index (κ1) is 24.3. The number of hydrogen-bond donors (Lipinski definition) is 0. The molecule has 0 atom stereocenters. The molecule has 3 saturated heterocycles. The number of hydrogen-bond acceptors (Lipinski definition) is 5. The second-order valence-corrected chi connectivity index (χ2v) is 16.4. The molecule has 9 heteroatoms. The standard InChI is InChI=1S/C20H38N3O4PSe/c1-17(2)11-15(12-18(3,4)22(17)24)26-28(29,21-9-10-21)27-16-13-19(5,6)23(25)20(7,8)14-16/h15-16H,9-14H2,1-8H3. The van der Waals surface area contributed by atoms with Crippen molar-refractivity contribution in [2.45, 2.75) is 115 Å². The number of nitrogens with zero attached hydrogens (tertiary/aromatic N) is 3. The fourth-order valence-corrected chi connectivity index (χ4v) is 9.82. The predicted molar refractivity (Wildman–Crippen MR) is 114 cm³/mol. The van der Waals surface area contributed by atoms with Gasteiger partial charge in [-0.2, -0.15) is 0 Å². The van der Waals surface area contributed by atoms with E-state index < -0.39 is 28.3 Å². The van der Waals surface area contributed by atoms with Crippen LogP contribution >= 0.6 is 6.11 Å². The third kappa shape index (κ3) is 5.03. The molecule has 3 aliphatic heterocycles. The first-order chi connectivity index (χ1) is 13.0. The maximum absolute atomic E-state index is 12.7. The molecule has 0 aromatic heterocycles. The van der Waals surface area contributed by atoms with E-state index >= 15 is 0 Å². The molecule has 0 aromatic carbocycles. The Morgan fingerprint density at radius 1 is 0.690 bits per heavy atom. The van der Waals surface area contributed by atoms with Crippen molar-refractivity contribution in [3.05, 3.63) is 0 Å². The first-order valence-corrected chi connectivity index (χ1v) is 14.5. The zero-order chi connectivity index (χ0) is 22.0. The van der Waals surface area contributed by atoms with Crippen LogP contribution in [-0.4, -0.2) is 77.3 Å². The molecule has 0 aromatic rings. The van der Waals surface area contributed by atoms with E-state index in [9.17, 15) is 10.4 Å². The van der Waals surface area contributed by atoms with Gasteiger partial charge in [-0.1, -0.05) is 0 Å². The van der Waals surface area contributed by atoms with Gasteiger partial charge in [0.05, 0.1) is 0 Å². The average Bonchev–Trinajstić information content (AvgIpc) is 3.34. The van der Waals surface area contributed by atoms with Crippen molar-refractivity contribution in [1.29, 1.82) is 0 Å². The Balaban J connectivity index is 1.77. The van der Waals surface area contributed by atoms with Gasteiger partial charge in [-0.15, -0.1) is 0 Å². The van der Waals surface area contributed by atoms with Gasteiger partial charge in [0, 0.05) is 0 Å². The van der Waals surface area contributed by atoms with Gasteiger partial charge in [-0.3, -0.25) is 0 Å². The van der Waals surface area contributed by atoms with E-state index in [1.165, 1.54) is 10.1 Å². The van der Waals surface area contributed by atoms with Crippen LogP contribution in [0.4, 0.5) is 0 Å². The first-order valence-electron chi connectivity index (χ1n) is 10.7. The van der Waals surface area contributed by atoms with Crippen LogP contribution in [-0.2, 0) is 19.5 Å². The summed E-state index contributed by atoms with van der Waals surface area (Å²) in [7, 11) is 0. The Labute approximate surface area is 184 Å². The predicted octanol–water partition coefficient (Wildman–Crippen LogP) is 3.92. The summed E-state index contributed by atoms with van der Waals surface area (Å²) in [5.74, 6) is 0. The molecule has 3 aliphatic rings. The van der Waals surface area contributed by atoms with E-state index in [0.29, 0.717) is 25.7 Å². The Kier molecular flexibility index (Phi) is 6.39. The van der Waals surface area contributed by atoms with Crippen molar-refractivity contribution < 1.29 is 19.5 Å². The summed E-state index contributed by atoms with van der Waals surface area (Å²) in [6.07, 6.45) is 0.262. The third-order valence-corrected chi connectivity index (χ3v) is 11.2. The second-order valence-electron chi connectivity index (χ2n) is 11.5. The van der Waals surface area contributed by atoms with Gasteiger partial charge in [0.2, 0.25) is 0 Å². The van der Waals surface area contributed by atoms with E-state index in [-0.39, 0.29) is 12.2 Å². The molecule has 0 unspecified atom stereocenters. The van der Waals surface area contributed by atoms with Crippen molar-refractivity contribution >= 4 is 21.2 Å². The maximum atomic E-state index is 12.7. The third-order valence-electron chi connectivity index (χ3n) is 6.44. The topological polar surface area (TPSA) is 67.8 Å². The van der Waals surface area contributed by atoms with E-state index in [4.69, 9.17) is 9.05 Å². The van der Waals surface area contributed by atoms with Crippen molar-refractivity contribution in [3.63, 3.8) is 0 Å². The number of piperidine rings is 2. The summed E-state index contributed by atoms with van der Waals surface area (Å²) in [6, 6.07) is 0. The molecule has 2 radical (unpaired) electrons. The Morgan fingerprint density at radius 3 is 1.21 bits per heavy atom. The molecule has 0 aliphatic carbocycles. The molecule has 0 spiro atoms. The molecule has 29 heavy (non-hydrogen) atoms. The average molecular weight is 494 g/mol. The van der Waals surface area contributed by atoms with E-state index in [0.717, 1.165) is 13.1 Å². The zero-order valence-corrected chi connectivity index (χ0v) is 21.8. The summed E-state index contributed by atoms with van der Waals surface area (Å²) < 4.78 is 15.6. The fraction of sp³-hybridized carbons (Fsp3) is 1.00. The van der Waals surface area contributed by atoms with E-state index in [2.05, 4.69) is 19.8 Å². The zero-order valence-electron chi connectivity index (χ0n) is 19.2. The molecular weight excluding hydrogens is 456 g/mol. The van der Waals surface area contributed by atoms with Crippen LogP contribution < -0.4 is 0 Å². The van der Waals surface area contributed by atoms with Crippen molar-refractivity contribution in [2.24, 2.45) is 0 Å². The minimum atomic E-state index is -2.36. The van der Waals surface area contributed by atoms with Crippen molar-refractivity contribution in [1.82, 2.24) is 14.8 Å². The summed E-state index contributed by atoms with van der Waals surface area (Å²) in [6.45, 7) is 17.8. The van der Waals surface area contributed by atoms with Gasteiger partial charge in [-0.05, 0) is 0 Å². The summed E-state index contributed by atoms with van der Waals surface area (Å²) >= 11 is 3.29. The molecule has 7 nitrogen and oxygen atoms in total. The molecule has 3 heterocycles. The van der Waals surface area contributed by atoms with Gasteiger partial charge in [0.25, 0.3) is 0 Å². The Bertz CT molecular complexity index is 597. The van der Waals surface area contributed by atoms with Crippen LogP contribution in [0.1, 0.15) is 81.1 Å². The molecule has 0 bridgehead atoms. The molecule has 3 rings (SSSR count). The Hall–Kier alpha value is 0.669. The van der Waals surface area contributed by atoms with Gasteiger partial charge in [0.15, 0.2) is 0 Å². The number of hydroxylamine groups is 4. The van der Waals surface area contributed by atoms with Crippen molar-refractivity contribution in [2.75, 3.05) is 13.1 Å². The Morgan fingerprint density at radius 2 is 0.966 bits per heavy atom. The molecule has 0 saturated carbocycles. The van der Waals surface area contributed by atoms with Crippen LogP contribution in [0, 0.1) is 0 Å². The van der Waals surface area contributed by atoms with Gasteiger partial charge < -0.3 is 0 Å². The van der Waals surface area contributed by atoms with E-state index in [1.807, 2.05) is 55.4 Å². The van der Waals surface area contributed by atoms with Crippen LogP contribution in [0.3, 0.4) is 0 Å². The van der Waals surface area contributed by atoms with Crippen LogP contribution in [0.5, 0.6) is 0 Å². The van der Waals surface area contributed by atoms with Crippen molar-refractivity contribution in [3.8, 4) is 0 Å². The molecule has 3 fully saturated rings. The summed E-state index contributed by atoms with van der Waals surface area (Å²) in [4.78, 5) is 0. The van der Waals surface area contributed by atoms with Crippen LogP contribution in [0.25, 0.3) is 0 Å².